The van der Waals surface area contributed by atoms with E-state index >= 15 is 0 Å². The highest BCUT2D eigenvalue weighted by Crippen LogP contribution is 2.44. The van der Waals surface area contributed by atoms with Crippen molar-refractivity contribution in [2.24, 2.45) is 0 Å². The number of aromatic nitrogens is 1. The van der Waals surface area contributed by atoms with E-state index in [1.165, 1.54) is 11.9 Å². The van der Waals surface area contributed by atoms with Gasteiger partial charge in [0.05, 0.1) is 12.2 Å². The number of hydrogen-bond donors (Lipinski definition) is 2. The van der Waals surface area contributed by atoms with Crippen molar-refractivity contribution in [1.82, 2.24) is 15.2 Å². The highest BCUT2D eigenvalue weighted by Gasteiger charge is 2.56. The number of fused-ring (bicyclic) bond motifs is 3. The van der Waals surface area contributed by atoms with Crippen LogP contribution in [0, 0.1) is 6.92 Å². The third kappa shape index (κ3) is 4.05. The zero-order chi connectivity index (χ0) is 24.7. The average molecular weight is 492 g/mol. The number of likely N-dealkylation sites (N-methyl/N-ethyl adjacent to an activating group) is 1. The van der Waals surface area contributed by atoms with Crippen molar-refractivity contribution in [3.8, 4) is 11.1 Å². The molecular formula is C26H25N3O5S. The van der Waals surface area contributed by atoms with Crippen molar-refractivity contribution < 1.29 is 24.2 Å². The van der Waals surface area contributed by atoms with Crippen LogP contribution in [0.4, 0.5) is 4.79 Å². The SMILES string of the molecule is Cc1nc(CNC(=O)OCC2c3ccccc3-c3ccccc32)sc1C(=O)N(C)C1(C(=O)O)CC1. The van der Waals surface area contributed by atoms with Gasteiger partial charge in [-0.15, -0.1) is 11.3 Å². The zero-order valence-corrected chi connectivity index (χ0v) is 20.2. The molecule has 2 aliphatic carbocycles. The molecule has 0 atom stereocenters. The van der Waals surface area contributed by atoms with Crippen LogP contribution in [0.25, 0.3) is 11.1 Å². The second kappa shape index (κ2) is 8.81. The average Bonchev–Trinajstić information content (AvgIpc) is 3.51. The summed E-state index contributed by atoms with van der Waals surface area (Å²) >= 11 is 1.15. The maximum absolute atomic E-state index is 12.9. The van der Waals surface area contributed by atoms with E-state index in [1.807, 2.05) is 24.3 Å². The molecule has 0 radical (unpaired) electrons. The zero-order valence-electron chi connectivity index (χ0n) is 19.4. The molecule has 2 N–H and O–H groups in total. The Morgan fingerprint density at radius 2 is 1.71 bits per heavy atom. The summed E-state index contributed by atoms with van der Waals surface area (Å²) in [5.74, 6) is -1.39. The Hall–Kier alpha value is -3.72. The summed E-state index contributed by atoms with van der Waals surface area (Å²) in [4.78, 5) is 42.9. The third-order valence-corrected chi connectivity index (χ3v) is 7.98. The van der Waals surface area contributed by atoms with Crippen molar-refractivity contribution in [3.05, 3.63) is 75.2 Å². The number of alkyl carbamates (subject to hydrolysis) is 1. The van der Waals surface area contributed by atoms with Crippen LogP contribution >= 0.6 is 11.3 Å². The van der Waals surface area contributed by atoms with Crippen LogP contribution in [-0.2, 0) is 16.1 Å². The molecule has 1 heterocycles. The summed E-state index contributed by atoms with van der Waals surface area (Å²) in [6, 6.07) is 16.3. The van der Waals surface area contributed by atoms with Gasteiger partial charge in [-0.2, -0.15) is 0 Å². The predicted molar refractivity (Wildman–Crippen MR) is 130 cm³/mol. The number of thiazole rings is 1. The first-order valence-electron chi connectivity index (χ1n) is 11.4. The third-order valence-electron chi connectivity index (χ3n) is 6.83. The number of ether oxygens (including phenoxy) is 1. The Kier molecular flexibility index (Phi) is 5.80. The number of amides is 2. The van der Waals surface area contributed by atoms with E-state index in [0.717, 1.165) is 33.6 Å². The van der Waals surface area contributed by atoms with Crippen LogP contribution in [0.5, 0.6) is 0 Å². The molecule has 1 fully saturated rings. The Balaban J connectivity index is 1.20. The van der Waals surface area contributed by atoms with Crippen molar-refractivity contribution in [3.63, 3.8) is 0 Å². The van der Waals surface area contributed by atoms with Gasteiger partial charge in [-0.25, -0.2) is 14.6 Å². The molecule has 0 spiro atoms. The molecule has 0 bridgehead atoms. The van der Waals surface area contributed by atoms with Crippen molar-refractivity contribution in [1.29, 1.82) is 0 Å². The Bertz CT molecular complexity index is 1280. The molecule has 0 aliphatic heterocycles. The normalized spacial score (nSPS) is 15.1. The van der Waals surface area contributed by atoms with Gasteiger partial charge in [-0.3, -0.25) is 4.79 Å². The number of carboxylic acids is 1. The molecule has 8 nitrogen and oxygen atoms in total. The maximum Gasteiger partial charge on any atom is 0.407 e. The van der Waals surface area contributed by atoms with Crippen LogP contribution in [0.15, 0.2) is 48.5 Å². The first-order chi connectivity index (χ1) is 16.8. The molecule has 2 aliphatic rings. The Morgan fingerprint density at radius 1 is 1.11 bits per heavy atom. The van der Waals surface area contributed by atoms with Crippen LogP contribution in [0.3, 0.4) is 0 Å². The molecule has 1 aromatic heterocycles. The van der Waals surface area contributed by atoms with Crippen LogP contribution in [0.2, 0.25) is 0 Å². The minimum atomic E-state index is -1.12. The number of aliphatic carboxylic acids is 1. The van der Waals surface area contributed by atoms with E-state index in [4.69, 9.17) is 4.74 Å². The fourth-order valence-electron chi connectivity index (χ4n) is 4.68. The van der Waals surface area contributed by atoms with E-state index in [-0.39, 0.29) is 25.0 Å². The molecule has 5 rings (SSSR count). The number of hydrogen-bond acceptors (Lipinski definition) is 6. The van der Waals surface area contributed by atoms with Gasteiger partial charge in [0.25, 0.3) is 5.91 Å². The van der Waals surface area contributed by atoms with Crippen LogP contribution in [0.1, 0.15) is 50.3 Å². The van der Waals surface area contributed by atoms with E-state index in [0.29, 0.717) is 28.4 Å². The van der Waals surface area contributed by atoms with Crippen LogP contribution in [-0.4, -0.2) is 52.2 Å². The number of rotatable bonds is 7. The van der Waals surface area contributed by atoms with Crippen molar-refractivity contribution in [2.45, 2.75) is 37.8 Å². The van der Waals surface area contributed by atoms with Gasteiger partial charge in [0.15, 0.2) is 0 Å². The maximum atomic E-state index is 12.9. The lowest BCUT2D eigenvalue weighted by Gasteiger charge is -2.23. The molecule has 0 saturated heterocycles. The number of carbonyl (C=O) groups excluding carboxylic acids is 2. The van der Waals surface area contributed by atoms with Crippen molar-refractivity contribution >= 4 is 29.3 Å². The minimum absolute atomic E-state index is 0.0287. The van der Waals surface area contributed by atoms with E-state index in [1.54, 1.807) is 6.92 Å². The molecule has 0 unspecified atom stereocenters. The number of nitrogens with zero attached hydrogens (tertiary/aromatic N) is 2. The smallest absolute Gasteiger partial charge is 0.407 e. The lowest BCUT2D eigenvalue weighted by Crippen LogP contribution is -2.44. The molecule has 2 amide bonds. The standard InChI is InChI=1S/C26H25N3O5S/c1-15-22(23(30)29(2)26(11-12-26)24(31)32)35-21(28-15)13-27-25(33)34-14-20-18-9-5-3-7-16(18)17-8-4-6-10-19(17)20/h3-10,20H,11-14H2,1-2H3,(H,27,33)(H,31,32). The number of nitrogens with one attached hydrogen (secondary N) is 1. The summed E-state index contributed by atoms with van der Waals surface area (Å²) in [6.07, 6.45) is 0.324. The predicted octanol–water partition coefficient (Wildman–Crippen LogP) is 4.18. The molecule has 9 heteroatoms. The fraction of sp³-hybridized carbons (Fsp3) is 0.308. The largest absolute Gasteiger partial charge is 0.479 e. The van der Waals surface area contributed by atoms with Gasteiger partial charge in [-0.1, -0.05) is 48.5 Å². The second-order valence-corrected chi connectivity index (χ2v) is 9.99. The van der Waals surface area contributed by atoms with Gasteiger partial charge in [0.2, 0.25) is 0 Å². The summed E-state index contributed by atoms with van der Waals surface area (Å²) in [5.41, 5.74) is 3.99. The van der Waals surface area contributed by atoms with Crippen LogP contribution < -0.4 is 5.32 Å². The fourth-order valence-corrected chi connectivity index (χ4v) is 5.66. The Labute approximate surface area is 206 Å². The lowest BCUT2D eigenvalue weighted by atomic mass is 9.98. The van der Waals surface area contributed by atoms with Gasteiger partial charge in [0.1, 0.15) is 22.0 Å². The lowest BCUT2D eigenvalue weighted by molar-refractivity contribution is -0.143. The minimum Gasteiger partial charge on any atom is -0.479 e. The highest BCUT2D eigenvalue weighted by molar-refractivity contribution is 7.13. The van der Waals surface area contributed by atoms with Gasteiger partial charge >= 0.3 is 12.1 Å². The number of aryl methyl sites for hydroxylation is 1. The van der Waals surface area contributed by atoms with Gasteiger partial charge in [0, 0.05) is 13.0 Å². The first kappa shape index (κ1) is 23.0. The molecule has 3 aromatic rings. The summed E-state index contributed by atoms with van der Waals surface area (Å²) in [7, 11) is 1.51. The molecule has 2 aromatic carbocycles. The van der Waals surface area contributed by atoms with E-state index in [9.17, 15) is 19.5 Å². The topological polar surface area (TPSA) is 109 Å². The Morgan fingerprint density at radius 3 is 2.29 bits per heavy atom. The molecule has 180 valence electrons. The first-order valence-corrected chi connectivity index (χ1v) is 12.2. The number of carboxylic acid groups (broad SMARTS) is 1. The highest BCUT2D eigenvalue weighted by atomic mass is 32.1. The second-order valence-electron chi connectivity index (χ2n) is 8.90. The number of benzene rings is 2. The van der Waals surface area contributed by atoms with E-state index in [2.05, 4.69) is 34.6 Å². The quantitative estimate of drug-likeness (QED) is 0.513. The summed E-state index contributed by atoms with van der Waals surface area (Å²) < 4.78 is 5.55. The summed E-state index contributed by atoms with van der Waals surface area (Å²) in [6.45, 7) is 2.03. The van der Waals surface area contributed by atoms with Crippen molar-refractivity contribution in [2.75, 3.05) is 13.7 Å². The molecule has 35 heavy (non-hydrogen) atoms. The molecular weight excluding hydrogens is 466 g/mol. The van der Waals surface area contributed by atoms with Gasteiger partial charge in [-0.05, 0) is 42.0 Å². The van der Waals surface area contributed by atoms with E-state index < -0.39 is 17.6 Å². The molecule has 1 saturated carbocycles. The van der Waals surface area contributed by atoms with Gasteiger partial charge < -0.3 is 20.1 Å². The monoisotopic (exact) mass is 491 g/mol. The summed E-state index contributed by atoms with van der Waals surface area (Å²) in [5, 5.41) is 12.7. The number of carbonyl (C=O) groups is 3.